The number of carbonyl (C=O) groups excluding carboxylic acids is 2. The second kappa shape index (κ2) is 9.21. The summed E-state index contributed by atoms with van der Waals surface area (Å²) in [5, 5.41) is 5.79. The van der Waals surface area contributed by atoms with Crippen molar-refractivity contribution < 1.29 is 18.4 Å². The van der Waals surface area contributed by atoms with E-state index in [4.69, 9.17) is 23.2 Å². The Morgan fingerprint density at radius 1 is 1.12 bits per heavy atom. The van der Waals surface area contributed by atoms with E-state index in [0.29, 0.717) is 14.9 Å². The SMILES string of the molecule is CNC(=O)C(NC(=O)CSc1cc(Cl)ccc1Cl)c1ccc(F)c(F)c1. The molecule has 26 heavy (non-hydrogen) atoms. The Morgan fingerprint density at radius 2 is 1.85 bits per heavy atom. The standard InChI is InChI=1S/C17H14Cl2F2N2O2S/c1-22-17(25)16(9-2-5-12(20)13(21)6-9)23-15(24)8-26-14-7-10(18)3-4-11(14)19/h2-7,16H,8H2,1H3,(H,22,25)(H,23,24). The van der Waals surface area contributed by atoms with E-state index >= 15 is 0 Å². The van der Waals surface area contributed by atoms with Crippen LogP contribution in [0.15, 0.2) is 41.3 Å². The van der Waals surface area contributed by atoms with Crippen LogP contribution < -0.4 is 10.6 Å². The van der Waals surface area contributed by atoms with Gasteiger partial charge in [-0.1, -0.05) is 29.3 Å². The quantitative estimate of drug-likeness (QED) is 0.697. The summed E-state index contributed by atoms with van der Waals surface area (Å²) >= 11 is 13.1. The minimum atomic E-state index is -1.15. The van der Waals surface area contributed by atoms with Crippen LogP contribution in [0, 0.1) is 11.6 Å². The molecule has 1 unspecified atom stereocenters. The highest BCUT2D eigenvalue weighted by molar-refractivity contribution is 8.00. The number of amides is 2. The molecular formula is C17H14Cl2F2N2O2S. The minimum Gasteiger partial charge on any atom is -0.357 e. The van der Waals surface area contributed by atoms with Gasteiger partial charge in [0.1, 0.15) is 6.04 Å². The molecule has 0 aliphatic carbocycles. The number of hydrogen-bond donors (Lipinski definition) is 2. The maximum absolute atomic E-state index is 13.4. The normalized spacial score (nSPS) is 11.7. The summed E-state index contributed by atoms with van der Waals surface area (Å²) in [4.78, 5) is 24.9. The maximum Gasteiger partial charge on any atom is 0.246 e. The number of rotatable bonds is 6. The molecule has 0 saturated carbocycles. The predicted octanol–water partition coefficient (Wildman–Crippen LogP) is 3.97. The molecule has 0 aliphatic heterocycles. The zero-order valence-electron chi connectivity index (χ0n) is 13.5. The molecule has 1 atom stereocenters. The van der Waals surface area contributed by atoms with Gasteiger partial charge in [0.2, 0.25) is 11.8 Å². The van der Waals surface area contributed by atoms with Crippen molar-refractivity contribution in [2.45, 2.75) is 10.9 Å². The van der Waals surface area contributed by atoms with E-state index in [9.17, 15) is 18.4 Å². The van der Waals surface area contributed by atoms with Gasteiger partial charge in [-0.05, 0) is 35.9 Å². The lowest BCUT2D eigenvalue weighted by Crippen LogP contribution is -2.39. The van der Waals surface area contributed by atoms with Crippen molar-refractivity contribution >= 4 is 46.8 Å². The Labute approximate surface area is 163 Å². The van der Waals surface area contributed by atoms with E-state index in [1.54, 1.807) is 18.2 Å². The van der Waals surface area contributed by atoms with E-state index in [-0.39, 0.29) is 11.3 Å². The molecule has 2 aromatic carbocycles. The molecule has 0 radical (unpaired) electrons. The molecule has 0 saturated heterocycles. The summed E-state index contributed by atoms with van der Waals surface area (Å²) in [6.07, 6.45) is 0. The lowest BCUT2D eigenvalue weighted by molar-refractivity contribution is -0.127. The van der Waals surface area contributed by atoms with Gasteiger partial charge in [0.05, 0.1) is 10.8 Å². The molecule has 0 spiro atoms. The molecule has 0 aromatic heterocycles. The molecule has 2 N–H and O–H groups in total. The van der Waals surface area contributed by atoms with Gasteiger partial charge in [0.25, 0.3) is 0 Å². The zero-order valence-corrected chi connectivity index (χ0v) is 15.8. The molecule has 2 aromatic rings. The first-order chi connectivity index (χ1) is 12.3. The van der Waals surface area contributed by atoms with E-state index < -0.39 is 29.5 Å². The molecular weight excluding hydrogens is 405 g/mol. The fourth-order valence-corrected chi connectivity index (χ4v) is 3.37. The van der Waals surface area contributed by atoms with E-state index in [0.717, 1.165) is 23.9 Å². The lowest BCUT2D eigenvalue weighted by atomic mass is 10.1. The monoisotopic (exact) mass is 418 g/mol. The molecule has 0 heterocycles. The van der Waals surface area contributed by atoms with Gasteiger partial charge in [-0.15, -0.1) is 11.8 Å². The number of thioether (sulfide) groups is 1. The van der Waals surface area contributed by atoms with Crippen molar-refractivity contribution in [3.63, 3.8) is 0 Å². The smallest absolute Gasteiger partial charge is 0.246 e. The molecule has 0 fully saturated rings. The highest BCUT2D eigenvalue weighted by Crippen LogP contribution is 2.29. The third-order valence-electron chi connectivity index (χ3n) is 3.34. The van der Waals surface area contributed by atoms with Crippen LogP contribution in [0.5, 0.6) is 0 Å². The fourth-order valence-electron chi connectivity index (χ4n) is 2.07. The Bertz CT molecular complexity index is 836. The van der Waals surface area contributed by atoms with Crippen molar-refractivity contribution in [1.29, 1.82) is 0 Å². The van der Waals surface area contributed by atoms with E-state index in [1.165, 1.54) is 13.1 Å². The summed E-state index contributed by atoms with van der Waals surface area (Å²) in [7, 11) is 1.38. The number of carbonyl (C=O) groups is 2. The first-order valence-electron chi connectivity index (χ1n) is 7.35. The van der Waals surface area contributed by atoms with Crippen LogP contribution in [0.25, 0.3) is 0 Å². The van der Waals surface area contributed by atoms with E-state index in [1.807, 2.05) is 0 Å². The minimum absolute atomic E-state index is 0.0444. The number of halogens is 4. The summed E-state index contributed by atoms with van der Waals surface area (Å²) in [5.41, 5.74) is 0.127. The first kappa shape index (κ1) is 20.5. The van der Waals surface area contributed by atoms with Gasteiger partial charge < -0.3 is 10.6 Å². The summed E-state index contributed by atoms with van der Waals surface area (Å²) in [6.45, 7) is 0. The molecule has 4 nitrogen and oxygen atoms in total. The second-order valence-corrected chi connectivity index (χ2v) is 7.01. The molecule has 2 rings (SSSR count). The number of benzene rings is 2. The third kappa shape index (κ3) is 5.33. The van der Waals surface area contributed by atoms with Crippen LogP contribution in [0.3, 0.4) is 0 Å². The summed E-state index contributed by atoms with van der Waals surface area (Å²) in [6, 6.07) is 6.70. The Morgan fingerprint density at radius 3 is 2.50 bits per heavy atom. The predicted molar refractivity (Wildman–Crippen MR) is 98.5 cm³/mol. The van der Waals surface area contributed by atoms with E-state index in [2.05, 4.69) is 10.6 Å². The molecule has 2 amide bonds. The second-order valence-electron chi connectivity index (χ2n) is 5.15. The van der Waals surface area contributed by atoms with Gasteiger partial charge in [0, 0.05) is 17.0 Å². The summed E-state index contributed by atoms with van der Waals surface area (Å²) < 4.78 is 26.5. The average molecular weight is 419 g/mol. The van der Waals surface area contributed by atoms with Gasteiger partial charge in [0.15, 0.2) is 11.6 Å². The van der Waals surface area contributed by atoms with Gasteiger partial charge >= 0.3 is 0 Å². The van der Waals surface area contributed by atoms with Crippen LogP contribution in [-0.2, 0) is 9.59 Å². The van der Waals surface area contributed by atoms with Crippen LogP contribution >= 0.6 is 35.0 Å². The van der Waals surface area contributed by atoms with Crippen molar-refractivity contribution in [1.82, 2.24) is 10.6 Å². The Kier molecular flexibility index (Phi) is 7.25. The lowest BCUT2D eigenvalue weighted by Gasteiger charge is -2.18. The van der Waals surface area contributed by atoms with Crippen LogP contribution in [0.4, 0.5) is 8.78 Å². The molecule has 138 valence electrons. The average Bonchev–Trinajstić information content (AvgIpc) is 2.62. The van der Waals surface area contributed by atoms with Gasteiger partial charge in [-0.25, -0.2) is 8.78 Å². The third-order valence-corrected chi connectivity index (χ3v) is 5.07. The van der Waals surface area contributed by atoms with Crippen LogP contribution in [0.1, 0.15) is 11.6 Å². The van der Waals surface area contributed by atoms with Crippen LogP contribution in [-0.4, -0.2) is 24.6 Å². The largest absolute Gasteiger partial charge is 0.357 e. The topological polar surface area (TPSA) is 58.2 Å². The van der Waals surface area contributed by atoms with Crippen molar-refractivity contribution in [2.24, 2.45) is 0 Å². The van der Waals surface area contributed by atoms with Crippen molar-refractivity contribution in [3.05, 3.63) is 63.6 Å². The number of likely N-dealkylation sites (N-methyl/N-ethyl adjacent to an activating group) is 1. The van der Waals surface area contributed by atoms with Crippen molar-refractivity contribution in [2.75, 3.05) is 12.8 Å². The maximum atomic E-state index is 13.4. The van der Waals surface area contributed by atoms with Gasteiger partial charge in [-0.2, -0.15) is 0 Å². The highest BCUT2D eigenvalue weighted by Gasteiger charge is 2.23. The number of hydrogen-bond acceptors (Lipinski definition) is 3. The molecule has 9 heteroatoms. The van der Waals surface area contributed by atoms with Crippen molar-refractivity contribution in [3.8, 4) is 0 Å². The highest BCUT2D eigenvalue weighted by atomic mass is 35.5. The Hall–Kier alpha value is -1.83. The Balaban J connectivity index is 2.10. The molecule has 0 aliphatic rings. The zero-order chi connectivity index (χ0) is 19.3. The molecule has 0 bridgehead atoms. The first-order valence-corrected chi connectivity index (χ1v) is 9.09. The number of nitrogens with one attached hydrogen (secondary N) is 2. The van der Waals surface area contributed by atoms with Gasteiger partial charge in [-0.3, -0.25) is 9.59 Å². The summed E-state index contributed by atoms with van der Waals surface area (Å²) in [5.74, 6) is -3.23. The fraction of sp³-hybridized carbons (Fsp3) is 0.176. The van der Waals surface area contributed by atoms with Crippen LogP contribution in [0.2, 0.25) is 10.0 Å².